The average Bonchev–Trinajstić information content (AvgIpc) is 3.57. The number of carbonyl (C=O) groups is 2. The van der Waals surface area contributed by atoms with Gasteiger partial charge in [-0.25, -0.2) is 0 Å². The smallest absolute Gasteiger partial charge is 0.306 e. The molecule has 0 radical (unpaired) electrons. The molecule has 0 aliphatic heterocycles. The van der Waals surface area contributed by atoms with E-state index in [1.807, 2.05) is 0 Å². The molecule has 60 heavy (non-hydrogen) atoms. The van der Waals surface area contributed by atoms with E-state index in [0.717, 1.165) is 51.4 Å². The largest absolute Gasteiger partial charge is 0.462 e. The predicted molar refractivity (Wildman–Crippen MR) is 246 cm³/mol. The van der Waals surface area contributed by atoms with Gasteiger partial charge in [-0.2, -0.15) is 8.42 Å². The van der Waals surface area contributed by atoms with Gasteiger partial charge >= 0.3 is 5.97 Å². The van der Waals surface area contributed by atoms with Gasteiger partial charge in [0.25, 0.3) is 10.1 Å². The number of hydrogen-bond donors (Lipinski definition) is 3. The Labute approximate surface area is 368 Å². The summed E-state index contributed by atoms with van der Waals surface area (Å²) >= 11 is 0. The van der Waals surface area contributed by atoms with Crippen LogP contribution in [0.3, 0.4) is 0 Å². The number of aliphatic hydroxyl groups excluding tert-OH is 1. The van der Waals surface area contributed by atoms with Crippen molar-refractivity contribution in [2.75, 3.05) is 12.3 Å². The minimum atomic E-state index is -4.10. The molecule has 0 saturated heterocycles. The zero-order valence-electron chi connectivity index (χ0n) is 39.2. The third-order valence-corrected chi connectivity index (χ3v) is 17.7. The highest BCUT2D eigenvalue weighted by Crippen LogP contribution is 2.68. The lowest BCUT2D eigenvalue weighted by Crippen LogP contribution is -2.59. The third kappa shape index (κ3) is 16.1. The van der Waals surface area contributed by atoms with Crippen molar-refractivity contribution in [2.45, 2.75) is 252 Å². The van der Waals surface area contributed by atoms with Crippen molar-refractivity contribution < 1.29 is 32.4 Å². The highest BCUT2D eigenvalue weighted by Gasteiger charge is 2.63. The number of carbonyl (C=O) groups excluding carboxylic acids is 2. The van der Waals surface area contributed by atoms with Crippen LogP contribution >= 0.6 is 0 Å². The molecular formula is C51H93NO7S. The van der Waals surface area contributed by atoms with Crippen LogP contribution in [0, 0.1) is 46.3 Å². The minimum Gasteiger partial charge on any atom is -0.462 e. The molecule has 0 aromatic heterocycles. The van der Waals surface area contributed by atoms with Crippen LogP contribution < -0.4 is 5.32 Å². The number of hydrogen-bond acceptors (Lipinski definition) is 6. The molecule has 350 valence electrons. The molecule has 4 aliphatic carbocycles. The Morgan fingerprint density at radius 1 is 0.700 bits per heavy atom. The van der Waals surface area contributed by atoms with Gasteiger partial charge in [-0.05, 0) is 111 Å². The Kier molecular flexibility index (Phi) is 22.8. The van der Waals surface area contributed by atoms with Crippen LogP contribution in [0.1, 0.15) is 240 Å². The van der Waals surface area contributed by atoms with E-state index in [1.54, 1.807) is 0 Å². The van der Waals surface area contributed by atoms with Crippen molar-refractivity contribution in [1.29, 1.82) is 0 Å². The van der Waals surface area contributed by atoms with Crippen LogP contribution in [-0.4, -0.2) is 54.5 Å². The molecular weight excluding hydrogens is 771 g/mol. The fourth-order valence-electron chi connectivity index (χ4n) is 13.3. The van der Waals surface area contributed by atoms with Gasteiger partial charge in [-0.1, -0.05) is 163 Å². The molecule has 0 spiro atoms. The minimum absolute atomic E-state index is 0.00369. The van der Waals surface area contributed by atoms with Crippen molar-refractivity contribution >= 4 is 22.0 Å². The number of fused-ring (bicyclic) bond motifs is 5. The van der Waals surface area contributed by atoms with Crippen molar-refractivity contribution in [3.05, 3.63) is 0 Å². The molecule has 4 rings (SSSR count). The molecule has 0 aromatic rings. The first-order chi connectivity index (χ1) is 28.8. The molecule has 4 fully saturated rings. The van der Waals surface area contributed by atoms with E-state index < -0.39 is 15.9 Å². The Hall–Kier alpha value is -1.19. The molecule has 9 heteroatoms. The summed E-state index contributed by atoms with van der Waals surface area (Å²) in [6.45, 7) is 9.23. The summed E-state index contributed by atoms with van der Waals surface area (Å²) in [7, 11) is -4.10. The Morgan fingerprint density at radius 3 is 1.77 bits per heavy atom. The topological polar surface area (TPSA) is 130 Å². The summed E-state index contributed by atoms with van der Waals surface area (Å²) in [6, 6.07) is 0. The zero-order valence-corrected chi connectivity index (χ0v) is 40.0. The lowest BCUT2D eigenvalue weighted by atomic mass is 9.43. The molecule has 1 amide bonds. The van der Waals surface area contributed by atoms with Gasteiger partial charge in [-0.3, -0.25) is 14.1 Å². The Morgan fingerprint density at radius 2 is 1.23 bits per heavy atom. The lowest BCUT2D eigenvalue weighted by molar-refractivity contribution is -0.181. The predicted octanol–water partition coefficient (Wildman–Crippen LogP) is 12.9. The molecule has 3 N–H and O–H groups in total. The summed E-state index contributed by atoms with van der Waals surface area (Å²) < 4.78 is 37.1. The second-order valence-electron chi connectivity index (χ2n) is 21.2. The van der Waals surface area contributed by atoms with E-state index >= 15 is 0 Å². The first-order valence-electron chi connectivity index (χ1n) is 25.9. The van der Waals surface area contributed by atoms with Crippen LogP contribution in [0.5, 0.6) is 0 Å². The van der Waals surface area contributed by atoms with E-state index in [0.29, 0.717) is 48.9 Å². The third-order valence-electron chi connectivity index (χ3n) is 17.0. The number of ether oxygens (including phenoxy) is 1. The summed E-state index contributed by atoms with van der Waals surface area (Å²) in [5, 5.41) is 14.6. The van der Waals surface area contributed by atoms with Gasteiger partial charge in [0.15, 0.2) is 0 Å². The SMILES string of the molecule is CCCCCCCCCCCCCCCCCCCCCCCCC(=O)OC1CCC2(C)C(CCC3C2CC(O)C2(C)C(C(C)CCC(=O)NCCS(=O)(=O)O)CCC32)C1. The van der Waals surface area contributed by atoms with Crippen LogP contribution in [0.4, 0.5) is 0 Å². The highest BCUT2D eigenvalue weighted by atomic mass is 32.2. The maximum Gasteiger partial charge on any atom is 0.306 e. The first kappa shape index (κ1) is 51.4. The molecule has 10 unspecified atom stereocenters. The second kappa shape index (κ2) is 26.6. The number of nitrogens with one attached hydrogen (secondary N) is 1. The summed E-state index contributed by atoms with van der Waals surface area (Å²) in [4.78, 5) is 25.4. The molecule has 0 bridgehead atoms. The number of rotatable bonds is 31. The fourth-order valence-corrected chi connectivity index (χ4v) is 13.7. The Bertz CT molecular complexity index is 1340. The maximum absolute atomic E-state index is 12.9. The lowest BCUT2D eigenvalue weighted by Gasteiger charge is -2.62. The van der Waals surface area contributed by atoms with Crippen LogP contribution in [0.2, 0.25) is 0 Å². The number of aliphatic hydroxyl groups is 1. The maximum atomic E-state index is 12.9. The van der Waals surface area contributed by atoms with E-state index in [1.165, 1.54) is 141 Å². The van der Waals surface area contributed by atoms with E-state index in [2.05, 4.69) is 33.0 Å². The highest BCUT2D eigenvalue weighted by molar-refractivity contribution is 7.85. The zero-order chi connectivity index (χ0) is 43.4. The van der Waals surface area contributed by atoms with E-state index in [4.69, 9.17) is 9.29 Å². The van der Waals surface area contributed by atoms with Gasteiger partial charge in [0.2, 0.25) is 5.91 Å². The monoisotopic (exact) mass is 864 g/mol. The van der Waals surface area contributed by atoms with Crippen molar-refractivity contribution in [1.82, 2.24) is 5.32 Å². The molecule has 10 atom stereocenters. The molecule has 4 saturated carbocycles. The van der Waals surface area contributed by atoms with Crippen LogP contribution in [-0.2, 0) is 24.4 Å². The van der Waals surface area contributed by atoms with Gasteiger partial charge in [0.05, 0.1) is 11.9 Å². The normalized spacial score (nSPS) is 30.6. The quantitative estimate of drug-likeness (QED) is 0.0359. The molecule has 0 heterocycles. The molecule has 0 aromatic carbocycles. The number of amides is 1. The average molecular weight is 864 g/mol. The van der Waals surface area contributed by atoms with E-state index in [-0.39, 0.29) is 47.4 Å². The van der Waals surface area contributed by atoms with Crippen molar-refractivity contribution in [3.63, 3.8) is 0 Å². The van der Waals surface area contributed by atoms with Crippen LogP contribution in [0.25, 0.3) is 0 Å². The first-order valence-corrected chi connectivity index (χ1v) is 27.5. The number of unbranched alkanes of at least 4 members (excludes halogenated alkanes) is 21. The van der Waals surface area contributed by atoms with Gasteiger partial charge in [0, 0.05) is 19.4 Å². The van der Waals surface area contributed by atoms with Gasteiger partial charge < -0.3 is 15.2 Å². The molecule has 8 nitrogen and oxygen atoms in total. The number of esters is 1. The summed E-state index contributed by atoms with van der Waals surface area (Å²) in [6.07, 6.45) is 39.7. The van der Waals surface area contributed by atoms with E-state index in [9.17, 15) is 23.1 Å². The Balaban J connectivity index is 1.02. The van der Waals surface area contributed by atoms with Crippen molar-refractivity contribution in [2.24, 2.45) is 46.3 Å². The summed E-state index contributed by atoms with van der Waals surface area (Å²) in [5.74, 6) is 2.06. The second-order valence-corrected chi connectivity index (χ2v) is 22.7. The molecule has 4 aliphatic rings. The fraction of sp³-hybridized carbons (Fsp3) is 0.961. The summed E-state index contributed by atoms with van der Waals surface area (Å²) in [5.41, 5.74) is 0.00739. The van der Waals surface area contributed by atoms with Crippen LogP contribution in [0.15, 0.2) is 0 Å². The van der Waals surface area contributed by atoms with Gasteiger partial charge in [0.1, 0.15) is 6.10 Å². The van der Waals surface area contributed by atoms with Crippen molar-refractivity contribution in [3.8, 4) is 0 Å². The standard InChI is InChI=1S/C51H93NO7S/c1-5-6-7-8-9-10-11-12-13-14-15-16-17-18-19-20-21-22-23-24-25-26-27-49(55)59-42-34-35-50(3)41(38-42)29-30-43-45-32-31-44(51(45,4)47(53)39-46(43)50)40(2)28-33-48(54)52-36-37-60(56,57)58/h40-47,53H,5-39H2,1-4H3,(H,52,54)(H,56,57,58). The van der Waals surface area contributed by atoms with Gasteiger partial charge in [-0.15, -0.1) is 0 Å².